The van der Waals surface area contributed by atoms with E-state index in [9.17, 15) is 8.78 Å². The standard InChI is InChI=1S/C11H10BrF2N3/c1-6-7(5-16-17-6)4-15-11-3-9(13)8(12)2-10(11)14/h2-3,5,15H,4H2,1H3,(H,16,17). The van der Waals surface area contributed by atoms with E-state index < -0.39 is 11.6 Å². The molecule has 90 valence electrons. The minimum Gasteiger partial charge on any atom is -0.378 e. The second-order valence-corrected chi connectivity index (χ2v) is 4.47. The fraction of sp³-hybridized carbons (Fsp3) is 0.182. The van der Waals surface area contributed by atoms with Crippen molar-refractivity contribution in [1.29, 1.82) is 0 Å². The van der Waals surface area contributed by atoms with Gasteiger partial charge in [0.25, 0.3) is 0 Å². The zero-order chi connectivity index (χ0) is 12.4. The van der Waals surface area contributed by atoms with Gasteiger partial charge in [0.2, 0.25) is 0 Å². The Kier molecular flexibility index (Phi) is 3.42. The molecular formula is C11H10BrF2N3. The van der Waals surface area contributed by atoms with Gasteiger partial charge in [0, 0.05) is 23.9 Å². The number of rotatable bonds is 3. The maximum Gasteiger partial charge on any atom is 0.147 e. The molecule has 0 unspecified atom stereocenters. The average molecular weight is 302 g/mol. The van der Waals surface area contributed by atoms with E-state index in [1.165, 1.54) is 0 Å². The van der Waals surface area contributed by atoms with Crippen molar-refractivity contribution < 1.29 is 8.78 Å². The highest BCUT2D eigenvalue weighted by Gasteiger charge is 2.08. The van der Waals surface area contributed by atoms with Crippen molar-refractivity contribution in [3.63, 3.8) is 0 Å². The van der Waals surface area contributed by atoms with Gasteiger partial charge in [0.1, 0.15) is 11.6 Å². The van der Waals surface area contributed by atoms with Gasteiger partial charge in [0.05, 0.1) is 16.4 Å². The Labute approximate surface area is 105 Å². The molecule has 0 amide bonds. The second kappa shape index (κ2) is 4.83. The third kappa shape index (κ3) is 2.63. The van der Waals surface area contributed by atoms with Crippen molar-refractivity contribution >= 4 is 21.6 Å². The van der Waals surface area contributed by atoms with Crippen LogP contribution in [-0.2, 0) is 6.54 Å². The van der Waals surface area contributed by atoms with Crippen LogP contribution in [0.3, 0.4) is 0 Å². The van der Waals surface area contributed by atoms with Crippen LogP contribution < -0.4 is 5.32 Å². The van der Waals surface area contributed by atoms with Crippen LogP contribution in [0, 0.1) is 18.6 Å². The normalized spacial score (nSPS) is 10.6. The van der Waals surface area contributed by atoms with Crippen LogP contribution in [0.25, 0.3) is 0 Å². The highest BCUT2D eigenvalue weighted by molar-refractivity contribution is 9.10. The van der Waals surface area contributed by atoms with E-state index in [-0.39, 0.29) is 10.2 Å². The van der Waals surface area contributed by atoms with E-state index in [0.717, 1.165) is 23.4 Å². The molecule has 0 radical (unpaired) electrons. The Morgan fingerprint density at radius 2 is 2.12 bits per heavy atom. The molecule has 2 N–H and O–H groups in total. The van der Waals surface area contributed by atoms with Gasteiger partial charge in [-0.25, -0.2) is 8.78 Å². The number of hydrogen-bond donors (Lipinski definition) is 2. The number of nitrogens with zero attached hydrogens (tertiary/aromatic N) is 1. The molecule has 6 heteroatoms. The zero-order valence-corrected chi connectivity index (χ0v) is 10.6. The first kappa shape index (κ1) is 12.0. The van der Waals surface area contributed by atoms with Crippen molar-refractivity contribution in [3.8, 4) is 0 Å². The lowest BCUT2D eigenvalue weighted by Crippen LogP contribution is -2.02. The van der Waals surface area contributed by atoms with E-state index in [0.29, 0.717) is 6.54 Å². The van der Waals surface area contributed by atoms with Crippen LogP contribution in [0.5, 0.6) is 0 Å². The molecule has 0 atom stereocenters. The van der Waals surface area contributed by atoms with Crippen LogP contribution in [-0.4, -0.2) is 10.2 Å². The van der Waals surface area contributed by atoms with Gasteiger partial charge in [0.15, 0.2) is 0 Å². The SMILES string of the molecule is Cc1[nH]ncc1CNc1cc(F)c(Br)cc1F. The molecule has 1 heterocycles. The highest BCUT2D eigenvalue weighted by Crippen LogP contribution is 2.23. The smallest absolute Gasteiger partial charge is 0.147 e. The summed E-state index contributed by atoms with van der Waals surface area (Å²) < 4.78 is 26.8. The summed E-state index contributed by atoms with van der Waals surface area (Å²) in [6.45, 7) is 2.25. The molecule has 0 aliphatic heterocycles. The summed E-state index contributed by atoms with van der Waals surface area (Å²) in [5.41, 5.74) is 1.94. The summed E-state index contributed by atoms with van der Waals surface area (Å²) in [5.74, 6) is -1.00. The zero-order valence-electron chi connectivity index (χ0n) is 9.02. The molecule has 0 fully saturated rings. The molecule has 3 nitrogen and oxygen atoms in total. The van der Waals surface area contributed by atoms with E-state index in [1.54, 1.807) is 6.20 Å². The maximum absolute atomic E-state index is 13.5. The summed E-state index contributed by atoms with van der Waals surface area (Å²) in [5, 5.41) is 9.45. The minimum atomic E-state index is -0.502. The van der Waals surface area contributed by atoms with Crippen molar-refractivity contribution in [3.05, 3.63) is 45.7 Å². The van der Waals surface area contributed by atoms with Crippen LogP contribution in [0.4, 0.5) is 14.5 Å². The van der Waals surface area contributed by atoms with E-state index in [1.807, 2.05) is 6.92 Å². The van der Waals surface area contributed by atoms with Crippen LogP contribution in [0.2, 0.25) is 0 Å². The van der Waals surface area contributed by atoms with Crippen molar-refractivity contribution in [2.45, 2.75) is 13.5 Å². The van der Waals surface area contributed by atoms with E-state index in [4.69, 9.17) is 0 Å². The third-order valence-electron chi connectivity index (χ3n) is 2.41. The Hall–Kier alpha value is -1.43. The molecule has 2 rings (SSSR count). The number of aryl methyl sites for hydroxylation is 1. The highest BCUT2D eigenvalue weighted by atomic mass is 79.9. The number of halogens is 3. The number of hydrogen-bond acceptors (Lipinski definition) is 2. The number of aromatic nitrogens is 2. The molecule has 2 aromatic rings. The number of nitrogens with one attached hydrogen (secondary N) is 2. The lowest BCUT2D eigenvalue weighted by molar-refractivity contribution is 0.596. The molecule has 0 spiro atoms. The number of aromatic amines is 1. The summed E-state index contributed by atoms with van der Waals surface area (Å²) in [6.07, 6.45) is 1.65. The molecular weight excluding hydrogens is 292 g/mol. The minimum absolute atomic E-state index is 0.111. The van der Waals surface area contributed by atoms with Gasteiger partial charge >= 0.3 is 0 Å². The number of anilines is 1. The summed E-state index contributed by atoms with van der Waals surface area (Å²) in [4.78, 5) is 0. The molecule has 0 aliphatic rings. The van der Waals surface area contributed by atoms with Gasteiger partial charge < -0.3 is 5.32 Å². The fourth-order valence-corrected chi connectivity index (χ4v) is 1.72. The Balaban J connectivity index is 2.14. The summed E-state index contributed by atoms with van der Waals surface area (Å²) in [7, 11) is 0. The van der Waals surface area contributed by atoms with Crippen LogP contribution >= 0.6 is 15.9 Å². The summed E-state index contributed by atoms with van der Waals surface area (Å²) in [6, 6.07) is 2.22. The topological polar surface area (TPSA) is 40.7 Å². The Morgan fingerprint density at radius 3 is 2.76 bits per heavy atom. The van der Waals surface area contributed by atoms with Gasteiger partial charge in [-0.15, -0.1) is 0 Å². The largest absolute Gasteiger partial charge is 0.378 e. The molecule has 0 saturated heterocycles. The quantitative estimate of drug-likeness (QED) is 0.853. The van der Waals surface area contributed by atoms with Gasteiger partial charge in [-0.2, -0.15) is 5.10 Å². The molecule has 1 aromatic carbocycles. The van der Waals surface area contributed by atoms with Gasteiger partial charge in [-0.1, -0.05) is 0 Å². The average Bonchev–Trinajstić information content (AvgIpc) is 2.68. The van der Waals surface area contributed by atoms with Gasteiger partial charge in [-0.05, 0) is 28.9 Å². The molecule has 0 aliphatic carbocycles. The predicted octanol–water partition coefficient (Wildman–Crippen LogP) is 3.37. The number of H-pyrrole nitrogens is 1. The molecule has 17 heavy (non-hydrogen) atoms. The first-order valence-corrected chi connectivity index (χ1v) is 5.74. The number of benzene rings is 1. The fourth-order valence-electron chi connectivity index (χ4n) is 1.40. The van der Waals surface area contributed by atoms with Crippen LogP contribution in [0.1, 0.15) is 11.3 Å². The summed E-state index contributed by atoms with van der Waals surface area (Å²) >= 11 is 2.92. The second-order valence-electron chi connectivity index (χ2n) is 3.62. The van der Waals surface area contributed by atoms with Gasteiger partial charge in [-0.3, -0.25) is 5.10 Å². The lowest BCUT2D eigenvalue weighted by atomic mass is 10.2. The predicted molar refractivity (Wildman–Crippen MR) is 64.7 cm³/mol. The van der Waals surface area contributed by atoms with E-state index in [2.05, 4.69) is 31.4 Å². The Bertz CT molecular complexity index is 540. The van der Waals surface area contributed by atoms with Crippen molar-refractivity contribution in [1.82, 2.24) is 10.2 Å². The third-order valence-corrected chi connectivity index (χ3v) is 3.02. The lowest BCUT2D eigenvalue weighted by Gasteiger charge is -2.08. The first-order valence-electron chi connectivity index (χ1n) is 4.95. The maximum atomic E-state index is 13.5. The molecule has 0 saturated carbocycles. The van der Waals surface area contributed by atoms with E-state index >= 15 is 0 Å². The molecule has 1 aromatic heterocycles. The van der Waals surface area contributed by atoms with Crippen LogP contribution in [0.15, 0.2) is 22.8 Å². The van der Waals surface area contributed by atoms with Crippen molar-refractivity contribution in [2.24, 2.45) is 0 Å². The molecule has 0 bridgehead atoms. The van der Waals surface area contributed by atoms with Crippen molar-refractivity contribution in [2.75, 3.05) is 5.32 Å². The monoisotopic (exact) mass is 301 g/mol. The Morgan fingerprint density at radius 1 is 1.35 bits per heavy atom. The first-order chi connectivity index (χ1) is 8.08.